The molecule has 1 aromatic carbocycles. The second-order valence-corrected chi connectivity index (χ2v) is 3.79. The fourth-order valence-electron chi connectivity index (χ4n) is 1.26. The van der Waals surface area contributed by atoms with Gasteiger partial charge < -0.3 is 10.5 Å². The maximum absolute atomic E-state index is 13.3. The average molecular weight is 280 g/mol. The van der Waals surface area contributed by atoms with Gasteiger partial charge in [0.2, 0.25) is 0 Å². The van der Waals surface area contributed by atoms with Crippen LogP contribution in [0.4, 0.5) is 9.18 Å². The van der Waals surface area contributed by atoms with Gasteiger partial charge in [-0.15, -0.1) is 0 Å². The van der Waals surface area contributed by atoms with Crippen LogP contribution in [0, 0.1) is 5.82 Å². The van der Waals surface area contributed by atoms with Crippen LogP contribution >= 0.6 is 0 Å². The second kappa shape index (κ2) is 7.03. The van der Waals surface area contributed by atoms with E-state index in [1.807, 2.05) is 0 Å². The lowest BCUT2D eigenvalue weighted by Gasteiger charge is -2.10. The van der Waals surface area contributed by atoms with Crippen molar-refractivity contribution in [3.8, 4) is 0 Å². The summed E-state index contributed by atoms with van der Waals surface area (Å²) in [7, 11) is 0. The average Bonchev–Trinajstić information content (AvgIpc) is 2.37. The van der Waals surface area contributed by atoms with Gasteiger partial charge in [0.15, 0.2) is 6.10 Å². The zero-order valence-electron chi connectivity index (χ0n) is 10.6. The summed E-state index contributed by atoms with van der Waals surface area (Å²) in [6, 6.07) is 4.80. The van der Waals surface area contributed by atoms with E-state index in [4.69, 9.17) is 10.5 Å². The van der Waals surface area contributed by atoms with E-state index in [-0.39, 0.29) is 5.56 Å². The van der Waals surface area contributed by atoms with Gasteiger partial charge >= 0.3 is 12.0 Å². The smallest absolute Gasteiger partial charge is 0.331 e. The van der Waals surface area contributed by atoms with Crippen molar-refractivity contribution in [2.45, 2.75) is 13.0 Å². The number of hydrogen-bond donors (Lipinski definition) is 2. The van der Waals surface area contributed by atoms with Gasteiger partial charge in [0.1, 0.15) is 5.82 Å². The number of urea groups is 1. The predicted molar refractivity (Wildman–Crippen MR) is 68.7 cm³/mol. The number of imide groups is 1. The number of carbonyl (C=O) groups excluding carboxylic acids is 3. The van der Waals surface area contributed by atoms with Crippen molar-refractivity contribution < 1.29 is 23.5 Å². The zero-order chi connectivity index (χ0) is 15.1. The molecule has 1 rings (SSSR count). The molecule has 0 saturated heterocycles. The van der Waals surface area contributed by atoms with Crippen molar-refractivity contribution in [3.05, 3.63) is 41.7 Å². The lowest BCUT2D eigenvalue weighted by atomic mass is 10.2. The lowest BCUT2D eigenvalue weighted by molar-refractivity contribution is -0.149. The second-order valence-electron chi connectivity index (χ2n) is 3.79. The van der Waals surface area contributed by atoms with E-state index in [1.165, 1.54) is 31.2 Å². The van der Waals surface area contributed by atoms with Crippen LogP contribution in [0.3, 0.4) is 0 Å². The van der Waals surface area contributed by atoms with E-state index in [0.717, 1.165) is 6.08 Å². The Morgan fingerprint density at radius 3 is 2.60 bits per heavy atom. The number of ether oxygens (including phenoxy) is 1. The van der Waals surface area contributed by atoms with Crippen LogP contribution < -0.4 is 11.1 Å². The number of benzene rings is 1. The summed E-state index contributed by atoms with van der Waals surface area (Å²) in [6.45, 7) is 1.27. The molecule has 0 spiro atoms. The van der Waals surface area contributed by atoms with Crippen molar-refractivity contribution in [1.29, 1.82) is 0 Å². The van der Waals surface area contributed by atoms with Crippen LogP contribution in [0.2, 0.25) is 0 Å². The Hall–Kier alpha value is -2.70. The third-order valence-corrected chi connectivity index (χ3v) is 2.21. The first-order valence-corrected chi connectivity index (χ1v) is 5.63. The quantitative estimate of drug-likeness (QED) is 0.634. The zero-order valence-corrected chi connectivity index (χ0v) is 10.6. The molecule has 0 saturated carbocycles. The SMILES string of the molecule is CC(OC(=O)/C=C/c1ccccc1F)C(=O)NC(N)=O. The molecule has 1 unspecified atom stereocenters. The molecule has 0 aliphatic carbocycles. The molecule has 1 atom stereocenters. The maximum atomic E-state index is 13.3. The molecule has 7 heteroatoms. The molecular formula is C13H13FN2O4. The van der Waals surface area contributed by atoms with E-state index in [2.05, 4.69) is 0 Å². The Balaban J connectivity index is 2.58. The van der Waals surface area contributed by atoms with Gasteiger partial charge in [-0.1, -0.05) is 18.2 Å². The molecule has 0 aliphatic rings. The van der Waals surface area contributed by atoms with Crippen LogP contribution in [0.1, 0.15) is 12.5 Å². The van der Waals surface area contributed by atoms with Gasteiger partial charge in [0, 0.05) is 11.6 Å². The van der Waals surface area contributed by atoms with Crippen molar-refractivity contribution >= 4 is 24.0 Å². The third-order valence-electron chi connectivity index (χ3n) is 2.21. The van der Waals surface area contributed by atoms with Crippen molar-refractivity contribution in [3.63, 3.8) is 0 Å². The molecule has 0 bridgehead atoms. The van der Waals surface area contributed by atoms with Gasteiger partial charge in [-0.2, -0.15) is 0 Å². The molecule has 0 aromatic heterocycles. The summed E-state index contributed by atoms with van der Waals surface area (Å²) in [4.78, 5) is 33.1. The van der Waals surface area contributed by atoms with E-state index < -0.39 is 29.8 Å². The van der Waals surface area contributed by atoms with Crippen LogP contribution in [0.15, 0.2) is 30.3 Å². The Labute approximate surface area is 114 Å². The molecule has 20 heavy (non-hydrogen) atoms. The Bertz CT molecular complexity index is 557. The summed E-state index contributed by atoms with van der Waals surface area (Å²) < 4.78 is 18.0. The molecule has 1 aromatic rings. The van der Waals surface area contributed by atoms with Crippen LogP contribution in [-0.2, 0) is 14.3 Å². The fraction of sp³-hybridized carbons (Fsp3) is 0.154. The van der Waals surface area contributed by atoms with E-state index in [9.17, 15) is 18.8 Å². The number of amides is 3. The summed E-state index contributed by atoms with van der Waals surface area (Å²) in [5.41, 5.74) is 4.95. The number of carbonyl (C=O) groups is 3. The van der Waals surface area contributed by atoms with Gasteiger partial charge in [-0.3, -0.25) is 10.1 Å². The highest BCUT2D eigenvalue weighted by Crippen LogP contribution is 2.08. The normalized spacial score (nSPS) is 11.9. The number of nitrogens with two attached hydrogens (primary N) is 1. The van der Waals surface area contributed by atoms with Crippen LogP contribution in [0.25, 0.3) is 6.08 Å². The highest BCUT2D eigenvalue weighted by molar-refractivity contribution is 5.97. The standard InChI is InChI=1S/C13H13FN2O4/c1-8(12(18)16-13(15)19)20-11(17)7-6-9-4-2-3-5-10(9)14/h2-8H,1H3,(H3,15,16,18,19)/b7-6+. The first-order valence-electron chi connectivity index (χ1n) is 5.63. The number of nitrogens with one attached hydrogen (secondary N) is 1. The van der Waals surface area contributed by atoms with Crippen LogP contribution in [0.5, 0.6) is 0 Å². The number of primary amides is 1. The molecule has 0 heterocycles. The Morgan fingerprint density at radius 1 is 1.35 bits per heavy atom. The number of rotatable bonds is 4. The molecule has 0 aliphatic heterocycles. The Kier molecular flexibility index (Phi) is 5.40. The monoisotopic (exact) mass is 280 g/mol. The largest absolute Gasteiger partial charge is 0.449 e. The first-order chi connectivity index (χ1) is 9.40. The number of halogens is 1. The first kappa shape index (κ1) is 15.4. The van der Waals surface area contributed by atoms with Gasteiger partial charge in [0.25, 0.3) is 5.91 Å². The predicted octanol–water partition coefficient (Wildman–Crippen LogP) is 0.966. The lowest BCUT2D eigenvalue weighted by Crippen LogP contribution is -2.42. The summed E-state index contributed by atoms with van der Waals surface area (Å²) in [5.74, 6) is -2.18. The molecular weight excluding hydrogens is 267 g/mol. The Morgan fingerprint density at radius 2 is 2.00 bits per heavy atom. The van der Waals surface area contributed by atoms with Crippen molar-refractivity contribution in [2.24, 2.45) is 5.73 Å². The highest BCUT2D eigenvalue weighted by Gasteiger charge is 2.17. The van der Waals surface area contributed by atoms with Crippen LogP contribution in [-0.4, -0.2) is 24.0 Å². The van der Waals surface area contributed by atoms with Crippen molar-refractivity contribution in [1.82, 2.24) is 5.32 Å². The molecule has 3 amide bonds. The molecule has 0 radical (unpaired) electrons. The number of hydrogen-bond acceptors (Lipinski definition) is 4. The van der Waals surface area contributed by atoms with E-state index in [0.29, 0.717) is 0 Å². The van der Waals surface area contributed by atoms with E-state index >= 15 is 0 Å². The summed E-state index contributed by atoms with van der Waals surface area (Å²) in [5, 5.41) is 1.77. The fourth-order valence-corrected chi connectivity index (χ4v) is 1.26. The van der Waals surface area contributed by atoms with Gasteiger partial charge in [0.05, 0.1) is 0 Å². The summed E-state index contributed by atoms with van der Waals surface area (Å²) in [6.07, 6.45) is 1.00. The summed E-state index contributed by atoms with van der Waals surface area (Å²) >= 11 is 0. The topological polar surface area (TPSA) is 98.5 Å². The third kappa shape index (κ3) is 4.89. The van der Waals surface area contributed by atoms with Gasteiger partial charge in [-0.25, -0.2) is 14.0 Å². The maximum Gasteiger partial charge on any atom is 0.331 e. The van der Waals surface area contributed by atoms with Gasteiger partial charge in [-0.05, 0) is 19.1 Å². The molecule has 106 valence electrons. The number of esters is 1. The minimum absolute atomic E-state index is 0.207. The van der Waals surface area contributed by atoms with E-state index in [1.54, 1.807) is 11.4 Å². The molecule has 0 fully saturated rings. The molecule has 6 nitrogen and oxygen atoms in total. The minimum atomic E-state index is -1.19. The molecule has 3 N–H and O–H groups in total. The highest BCUT2D eigenvalue weighted by atomic mass is 19.1. The van der Waals surface area contributed by atoms with Crippen molar-refractivity contribution in [2.75, 3.05) is 0 Å². The minimum Gasteiger partial charge on any atom is -0.449 e.